The summed E-state index contributed by atoms with van der Waals surface area (Å²) in [7, 11) is 0. The molecule has 0 saturated heterocycles. The van der Waals surface area contributed by atoms with Gasteiger partial charge in [-0.15, -0.1) is 0 Å². The SMILES string of the molecule is N#Cc1c(-c2ccc3ccc(-c4ccccc4)nc3c2)nn(C2CC(F)(F)C2)c1N. The van der Waals surface area contributed by atoms with Gasteiger partial charge in [0.05, 0.1) is 17.3 Å². The number of aromatic nitrogens is 3. The van der Waals surface area contributed by atoms with E-state index in [0.29, 0.717) is 11.3 Å². The minimum absolute atomic E-state index is 0.124. The normalized spacial score (nSPS) is 15.6. The first kappa shape index (κ1) is 18.3. The Hall–Kier alpha value is -3.79. The highest BCUT2D eigenvalue weighted by Crippen LogP contribution is 2.47. The number of anilines is 1. The van der Waals surface area contributed by atoms with Gasteiger partial charge >= 0.3 is 0 Å². The van der Waals surface area contributed by atoms with Crippen LogP contribution in [0.2, 0.25) is 0 Å². The topological polar surface area (TPSA) is 80.5 Å². The second-order valence-corrected chi connectivity index (χ2v) is 7.55. The van der Waals surface area contributed by atoms with Crippen LogP contribution < -0.4 is 5.73 Å². The van der Waals surface area contributed by atoms with Crippen LogP contribution >= 0.6 is 0 Å². The molecule has 2 heterocycles. The Bertz CT molecular complexity index is 1300. The van der Waals surface area contributed by atoms with Crippen LogP contribution in [-0.2, 0) is 0 Å². The Morgan fingerprint density at radius 1 is 1.03 bits per heavy atom. The van der Waals surface area contributed by atoms with E-state index in [0.717, 1.165) is 22.2 Å². The lowest BCUT2D eigenvalue weighted by Gasteiger charge is -2.35. The van der Waals surface area contributed by atoms with Crippen molar-refractivity contribution in [3.8, 4) is 28.6 Å². The number of benzene rings is 2. The zero-order chi connectivity index (χ0) is 20.9. The first-order valence-corrected chi connectivity index (χ1v) is 9.58. The summed E-state index contributed by atoms with van der Waals surface area (Å²) in [6.07, 6.45) is -0.633. The average Bonchev–Trinajstić information content (AvgIpc) is 3.07. The number of fused-ring (bicyclic) bond motifs is 1. The molecule has 1 fully saturated rings. The van der Waals surface area contributed by atoms with Crippen molar-refractivity contribution in [2.24, 2.45) is 0 Å². The Kier molecular flexibility index (Phi) is 4.03. The molecule has 0 atom stereocenters. The van der Waals surface area contributed by atoms with Crippen molar-refractivity contribution in [3.05, 3.63) is 66.2 Å². The van der Waals surface area contributed by atoms with Crippen LogP contribution in [0.15, 0.2) is 60.7 Å². The van der Waals surface area contributed by atoms with Gasteiger partial charge < -0.3 is 5.73 Å². The summed E-state index contributed by atoms with van der Waals surface area (Å²) in [6, 6.07) is 21.0. The number of pyridine rings is 1. The molecule has 1 aliphatic carbocycles. The third kappa shape index (κ3) is 2.98. The predicted molar refractivity (Wildman–Crippen MR) is 111 cm³/mol. The first-order chi connectivity index (χ1) is 14.4. The summed E-state index contributed by atoms with van der Waals surface area (Å²) in [6.45, 7) is 0. The Balaban J connectivity index is 1.58. The lowest BCUT2D eigenvalue weighted by molar-refractivity contribution is -0.106. The molecular formula is C23H17F2N5. The van der Waals surface area contributed by atoms with Crippen molar-refractivity contribution in [1.82, 2.24) is 14.8 Å². The molecule has 0 spiro atoms. The molecule has 0 radical (unpaired) electrons. The molecule has 7 heteroatoms. The van der Waals surface area contributed by atoms with E-state index in [2.05, 4.69) is 11.2 Å². The number of alkyl halides is 2. The predicted octanol–water partition coefficient (Wildman–Crippen LogP) is 5.19. The molecule has 148 valence electrons. The van der Waals surface area contributed by atoms with E-state index < -0.39 is 12.0 Å². The number of hydrogen-bond donors (Lipinski definition) is 1. The largest absolute Gasteiger partial charge is 0.383 e. The fraction of sp³-hybridized carbons (Fsp3) is 0.174. The molecule has 5 nitrogen and oxygen atoms in total. The molecule has 0 unspecified atom stereocenters. The number of rotatable bonds is 3. The van der Waals surface area contributed by atoms with Gasteiger partial charge in [0.15, 0.2) is 0 Å². The van der Waals surface area contributed by atoms with Crippen LogP contribution in [0.3, 0.4) is 0 Å². The van der Waals surface area contributed by atoms with E-state index in [1.165, 1.54) is 4.68 Å². The summed E-state index contributed by atoms with van der Waals surface area (Å²) >= 11 is 0. The van der Waals surface area contributed by atoms with E-state index in [-0.39, 0.29) is 24.2 Å². The van der Waals surface area contributed by atoms with E-state index in [9.17, 15) is 14.0 Å². The maximum atomic E-state index is 13.3. The summed E-state index contributed by atoms with van der Waals surface area (Å²) < 4.78 is 28.0. The van der Waals surface area contributed by atoms with Crippen molar-refractivity contribution in [2.45, 2.75) is 24.8 Å². The molecule has 0 bridgehead atoms. The standard InChI is InChI=1S/C23H17F2N5/c24-23(25)11-17(12-23)30-22(27)18(13-26)21(29-30)16-7-6-15-8-9-19(28-20(15)10-16)14-4-2-1-3-5-14/h1-10,17H,11-12,27H2. The Morgan fingerprint density at radius 2 is 1.77 bits per heavy atom. The van der Waals surface area contributed by atoms with E-state index in [1.54, 1.807) is 0 Å². The van der Waals surface area contributed by atoms with Crippen LogP contribution in [0.1, 0.15) is 24.4 Å². The number of halogens is 2. The smallest absolute Gasteiger partial charge is 0.252 e. The minimum Gasteiger partial charge on any atom is -0.383 e. The maximum Gasteiger partial charge on any atom is 0.252 e. The van der Waals surface area contributed by atoms with Gasteiger partial charge in [0, 0.05) is 29.4 Å². The van der Waals surface area contributed by atoms with Crippen molar-refractivity contribution in [2.75, 3.05) is 5.73 Å². The van der Waals surface area contributed by atoms with Gasteiger partial charge in [-0.2, -0.15) is 10.4 Å². The van der Waals surface area contributed by atoms with Crippen molar-refractivity contribution in [3.63, 3.8) is 0 Å². The number of nitrogen functional groups attached to an aromatic ring is 1. The summed E-state index contributed by atoms with van der Waals surface area (Å²) in [5, 5.41) is 15.0. The molecule has 0 aliphatic heterocycles. The quantitative estimate of drug-likeness (QED) is 0.512. The van der Waals surface area contributed by atoms with E-state index >= 15 is 0 Å². The van der Waals surface area contributed by atoms with Gasteiger partial charge in [-0.05, 0) is 12.1 Å². The van der Waals surface area contributed by atoms with E-state index in [1.807, 2.05) is 60.7 Å². The average molecular weight is 401 g/mol. The summed E-state index contributed by atoms with van der Waals surface area (Å²) in [4.78, 5) is 4.75. The Morgan fingerprint density at radius 3 is 2.47 bits per heavy atom. The summed E-state index contributed by atoms with van der Waals surface area (Å²) in [5.74, 6) is -2.57. The Labute approximate surface area is 171 Å². The zero-order valence-electron chi connectivity index (χ0n) is 15.9. The summed E-state index contributed by atoms with van der Waals surface area (Å²) in [5.41, 5.74) is 9.93. The van der Waals surface area contributed by atoms with Gasteiger partial charge in [0.1, 0.15) is 23.1 Å². The van der Waals surface area contributed by atoms with Crippen LogP contribution in [0.4, 0.5) is 14.6 Å². The molecule has 30 heavy (non-hydrogen) atoms. The lowest BCUT2D eigenvalue weighted by atomic mass is 9.88. The third-order valence-corrected chi connectivity index (χ3v) is 5.51. The van der Waals surface area contributed by atoms with Gasteiger partial charge in [0.2, 0.25) is 0 Å². The fourth-order valence-electron chi connectivity index (χ4n) is 3.87. The number of nitrogens with zero attached hydrogens (tertiary/aromatic N) is 4. The minimum atomic E-state index is -2.70. The third-order valence-electron chi connectivity index (χ3n) is 5.51. The van der Waals surface area contributed by atoms with Crippen molar-refractivity contribution in [1.29, 1.82) is 5.26 Å². The van der Waals surface area contributed by atoms with E-state index in [4.69, 9.17) is 10.7 Å². The maximum absolute atomic E-state index is 13.3. The van der Waals surface area contributed by atoms with Gasteiger partial charge in [0.25, 0.3) is 5.92 Å². The van der Waals surface area contributed by atoms with Crippen LogP contribution in [0.5, 0.6) is 0 Å². The highest BCUT2D eigenvalue weighted by atomic mass is 19.3. The van der Waals surface area contributed by atoms with Crippen molar-refractivity contribution < 1.29 is 8.78 Å². The van der Waals surface area contributed by atoms with Gasteiger partial charge in [-0.25, -0.2) is 18.4 Å². The molecule has 2 N–H and O–H groups in total. The van der Waals surface area contributed by atoms with Crippen LogP contribution in [0, 0.1) is 11.3 Å². The van der Waals surface area contributed by atoms with Crippen molar-refractivity contribution >= 4 is 16.7 Å². The molecule has 4 aromatic rings. The number of nitrogens with two attached hydrogens (primary N) is 1. The zero-order valence-corrected chi connectivity index (χ0v) is 15.9. The fourth-order valence-corrected chi connectivity index (χ4v) is 3.87. The monoisotopic (exact) mass is 401 g/mol. The second-order valence-electron chi connectivity index (χ2n) is 7.55. The molecule has 5 rings (SSSR count). The van der Waals surface area contributed by atoms with Crippen LogP contribution in [-0.4, -0.2) is 20.7 Å². The highest BCUT2D eigenvalue weighted by molar-refractivity contribution is 5.87. The highest BCUT2D eigenvalue weighted by Gasteiger charge is 2.47. The molecule has 1 aliphatic rings. The molecule has 1 saturated carbocycles. The first-order valence-electron chi connectivity index (χ1n) is 9.58. The number of nitriles is 1. The number of hydrogen-bond acceptors (Lipinski definition) is 4. The molecule has 2 aromatic carbocycles. The van der Waals surface area contributed by atoms with Gasteiger partial charge in [-0.3, -0.25) is 0 Å². The lowest BCUT2D eigenvalue weighted by Crippen LogP contribution is -2.37. The molecular weight excluding hydrogens is 384 g/mol. The molecule has 0 amide bonds. The van der Waals surface area contributed by atoms with Gasteiger partial charge in [-0.1, -0.05) is 48.5 Å². The molecule has 2 aromatic heterocycles. The van der Waals surface area contributed by atoms with Crippen LogP contribution in [0.25, 0.3) is 33.4 Å². The second kappa shape index (κ2) is 6.63.